The topological polar surface area (TPSA) is 26.0 Å². The monoisotopic (exact) mass is 89.1 g/mol. The highest BCUT2D eigenvalue weighted by Crippen LogP contribution is 1.14. The Morgan fingerprint density at radius 1 is 1.00 bits per heavy atom. The van der Waals surface area contributed by atoms with Crippen molar-refractivity contribution in [2.45, 2.75) is 13.8 Å². The smallest absolute Gasteiger partial charge is 0.0195 e. The summed E-state index contributed by atoms with van der Waals surface area (Å²) >= 11 is 0. The van der Waals surface area contributed by atoms with Crippen LogP contribution in [0.1, 0.15) is 13.8 Å². The van der Waals surface area contributed by atoms with Gasteiger partial charge in [-0.25, -0.2) is 0 Å². The van der Waals surface area contributed by atoms with Crippen LogP contribution in [-0.2, 0) is 0 Å². The molecule has 0 rings (SSSR count). The summed E-state index contributed by atoms with van der Waals surface area (Å²) in [6.07, 6.45) is 0. The van der Waals surface area contributed by atoms with Gasteiger partial charge >= 0.3 is 0 Å². The second kappa shape index (κ2) is 715. The molecule has 0 aromatic heterocycles. The van der Waals surface area contributed by atoms with E-state index in [-0.39, 0.29) is 0 Å². The third-order valence-corrected chi connectivity index (χ3v) is 0. The molecule has 40 valence electrons. The van der Waals surface area contributed by atoms with E-state index in [9.17, 15) is 0 Å². The van der Waals surface area contributed by atoms with Crippen molar-refractivity contribution in [2.75, 3.05) is 7.05 Å². The number of hydrogen-bond acceptors (Lipinski definition) is 1. The van der Waals surface area contributed by atoms with Crippen LogP contribution < -0.4 is 5.73 Å². The van der Waals surface area contributed by atoms with Crippen molar-refractivity contribution in [1.29, 1.82) is 0 Å². The van der Waals surface area contributed by atoms with Gasteiger partial charge in [-0.3, -0.25) is 0 Å². The van der Waals surface area contributed by atoms with Crippen molar-refractivity contribution >= 4 is 0 Å². The fourth-order valence-electron chi connectivity index (χ4n) is 0. The Balaban J connectivity index is -0.0000000225. The Hall–Kier alpha value is -0.300. The molecule has 2 N–H and O–H groups in total. The fourth-order valence-corrected chi connectivity index (χ4v) is 0. The van der Waals surface area contributed by atoms with Crippen LogP contribution in [0.4, 0.5) is 0 Å². The summed E-state index contributed by atoms with van der Waals surface area (Å²) in [7, 11) is 1.50. The molecule has 0 bridgehead atoms. The quantitative estimate of drug-likeness (QED) is 0.446. The van der Waals surface area contributed by atoms with Crippen LogP contribution in [0.15, 0.2) is 13.2 Å². The van der Waals surface area contributed by atoms with Gasteiger partial charge in [0.2, 0.25) is 0 Å². The summed E-state index contributed by atoms with van der Waals surface area (Å²) in [5.74, 6) is 0. The first-order valence-electron chi connectivity index (χ1n) is 2.08. The molecule has 0 aromatic rings. The molecule has 6 heavy (non-hydrogen) atoms. The second-order valence-electron chi connectivity index (χ2n) is 0. The lowest BCUT2D eigenvalue weighted by Gasteiger charge is -1.19. The predicted octanol–water partition coefficient (Wildman–Crippen LogP) is 1.40. The normalized spacial score (nSPS) is 2.67. The zero-order valence-corrected chi connectivity index (χ0v) is 4.99. The van der Waals surface area contributed by atoms with Crippen LogP contribution in [0.3, 0.4) is 0 Å². The SMILES string of the molecule is C=C.CC.CN. The van der Waals surface area contributed by atoms with Gasteiger partial charge in [0, 0.05) is 0 Å². The molecule has 1 heteroatoms. The van der Waals surface area contributed by atoms with Crippen molar-refractivity contribution in [3.8, 4) is 0 Å². The first-order chi connectivity index (χ1) is 3.00. The minimum Gasteiger partial charge on any atom is -0.333 e. The third-order valence-electron chi connectivity index (χ3n) is 0. The molecule has 0 aliphatic heterocycles. The van der Waals surface area contributed by atoms with Gasteiger partial charge in [-0.05, 0) is 7.05 Å². The average Bonchev–Trinajstić information content (AvgIpc) is 1.81. The van der Waals surface area contributed by atoms with Gasteiger partial charge in [0.1, 0.15) is 0 Å². The lowest BCUT2D eigenvalue weighted by Crippen LogP contribution is -1.69. The highest BCUT2D eigenvalue weighted by atomic mass is 14.4. The molecule has 0 amide bonds. The first-order valence-corrected chi connectivity index (χ1v) is 2.08. The standard InChI is InChI=1S/C2H6.C2H4.CH5N/c3*1-2/h1-2H3;1-2H2;2H2,1H3. The summed E-state index contributed by atoms with van der Waals surface area (Å²) in [6, 6.07) is 0. The average molecular weight is 89.2 g/mol. The predicted molar refractivity (Wildman–Crippen MR) is 32.7 cm³/mol. The molecule has 0 aromatic carbocycles. The Bertz CT molecular complexity index is 3.90. The summed E-state index contributed by atoms with van der Waals surface area (Å²) < 4.78 is 0. The van der Waals surface area contributed by atoms with Crippen molar-refractivity contribution in [1.82, 2.24) is 0 Å². The summed E-state index contributed by atoms with van der Waals surface area (Å²) in [5.41, 5.74) is 4.50. The van der Waals surface area contributed by atoms with E-state index >= 15 is 0 Å². The molecule has 0 saturated heterocycles. The fraction of sp³-hybridized carbons (Fsp3) is 0.600. The van der Waals surface area contributed by atoms with E-state index < -0.39 is 0 Å². The minimum absolute atomic E-state index is 1.50. The van der Waals surface area contributed by atoms with Gasteiger partial charge in [0.15, 0.2) is 0 Å². The minimum atomic E-state index is 1.50. The van der Waals surface area contributed by atoms with Gasteiger partial charge in [-0.1, -0.05) is 13.8 Å². The third kappa shape index (κ3) is 300. The van der Waals surface area contributed by atoms with E-state index in [1.165, 1.54) is 7.05 Å². The van der Waals surface area contributed by atoms with Gasteiger partial charge in [-0.2, -0.15) is 0 Å². The van der Waals surface area contributed by atoms with Gasteiger partial charge in [0.05, 0.1) is 0 Å². The summed E-state index contributed by atoms with van der Waals surface area (Å²) in [6.45, 7) is 10.0. The van der Waals surface area contributed by atoms with Crippen molar-refractivity contribution in [2.24, 2.45) is 5.73 Å². The molecule has 1 nitrogen and oxygen atoms in total. The molecule has 0 heterocycles. The highest BCUT2D eigenvalue weighted by Gasteiger charge is 0.932. The van der Waals surface area contributed by atoms with Crippen LogP contribution in [0.2, 0.25) is 0 Å². The van der Waals surface area contributed by atoms with Crippen molar-refractivity contribution in [3.63, 3.8) is 0 Å². The number of nitrogens with two attached hydrogens (primary N) is 1. The zero-order valence-electron chi connectivity index (χ0n) is 4.99. The largest absolute Gasteiger partial charge is 0.333 e. The van der Waals surface area contributed by atoms with Gasteiger partial charge in [-0.15, -0.1) is 13.2 Å². The van der Waals surface area contributed by atoms with Crippen LogP contribution in [0.5, 0.6) is 0 Å². The van der Waals surface area contributed by atoms with Gasteiger partial charge in [0.25, 0.3) is 0 Å². The van der Waals surface area contributed by atoms with Crippen molar-refractivity contribution < 1.29 is 0 Å². The van der Waals surface area contributed by atoms with Crippen molar-refractivity contribution in [3.05, 3.63) is 13.2 Å². The Labute approximate surface area is 40.9 Å². The van der Waals surface area contributed by atoms with E-state index in [1.54, 1.807) is 0 Å². The zero-order chi connectivity index (χ0) is 6.00. The van der Waals surface area contributed by atoms with E-state index in [0.717, 1.165) is 0 Å². The summed E-state index contributed by atoms with van der Waals surface area (Å²) in [4.78, 5) is 0. The number of rotatable bonds is 0. The van der Waals surface area contributed by atoms with Crippen LogP contribution in [0.25, 0.3) is 0 Å². The van der Waals surface area contributed by atoms with Crippen LogP contribution in [-0.4, -0.2) is 7.05 Å². The maximum Gasteiger partial charge on any atom is -0.0195 e. The van der Waals surface area contributed by atoms with Crippen LogP contribution >= 0.6 is 0 Å². The number of hydrogen-bond donors (Lipinski definition) is 1. The first kappa shape index (κ1) is 17.3. The Morgan fingerprint density at radius 2 is 1.00 bits per heavy atom. The maximum absolute atomic E-state index is 4.50. The van der Waals surface area contributed by atoms with Crippen LogP contribution in [0, 0.1) is 0 Å². The summed E-state index contributed by atoms with van der Waals surface area (Å²) in [5, 5.41) is 0. The molecule has 0 aliphatic rings. The van der Waals surface area contributed by atoms with E-state index in [2.05, 4.69) is 18.9 Å². The molecule has 0 radical (unpaired) electrons. The molecule has 0 unspecified atom stereocenters. The maximum atomic E-state index is 4.50. The molecule has 0 aliphatic carbocycles. The molecule has 0 saturated carbocycles. The molecular weight excluding hydrogens is 74.1 g/mol. The van der Waals surface area contributed by atoms with Gasteiger partial charge < -0.3 is 5.73 Å². The van der Waals surface area contributed by atoms with E-state index in [1.807, 2.05) is 13.8 Å². The second-order valence-corrected chi connectivity index (χ2v) is 0. The lowest BCUT2D eigenvalue weighted by molar-refractivity contribution is 1.48. The molecule has 0 fully saturated rings. The Kier molecular flexibility index (Phi) is 2060. The van der Waals surface area contributed by atoms with E-state index in [0.29, 0.717) is 0 Å². The Morgan fingerprint density at radius 3 is 1.00 bits per heavy atom. The molecule has 0 atom stereocenters. The molecular formula is C5H15N. The lowest BCUT2D eigenvalue weighted by atomic mass is 11.0. The van der Waals surface area contributed by atoms with E-state index in [4.69, 9.17) is 0 Å². The highest BCUT2D eigenvalue weighted by molar-refractivity contribution is 4.22. The molecule has 0 spiro atoms.